The molecule has 0 aliphatic carbocycles. The third kappa shape index (κ3) is 1.96. The predicted molar refractivity (Wildman–Crippen MR) is 82.6 cm³/mol. The number of amides is 1. The molecule has 0 saturated heterocycles. The van der Waals surface area contributed by atoms with E-state index in [1.165, 1.54) is 5.39 Å². The molecule has 4 nitrogen and oxygen atoms in total. The lowest BCUT2D eigenvalue weighted by molar-refractivity contribution is -0.118. The summed E-state index contributed by atoms with van der Waals surface area (Å²) >= 11 is 0. The zero-order valence-corrected chi connectivity index (χ0v) is 11.6. The highest BCUT2D eigenvalue weighted by Crippen LogP contribution is 2.36. The zero-order chi connectivity index (χ0) is 14.4. The number of hydrogen-bond donors (Lipinski definition) is 2. The average molecular weight is 278 g/mol. The second kappa shape index (κ2) is 4.38. The summed E-state index contributed by atoms with van der Waals surface area (Å²) in [7, 11) is 0. The third-order valence-corrected chi connectivity index (χ3v) is 3.78. The largest absolute Gasteiger partial charge is 0.481 e. The summed E-state index contributed by atoms with van der Waals surface area (Å²) in [5, 5.41) is 4.06. The molecule has 2 aromatic carbocycles. The maximum absolute atomic E-state index is 11.5. The van der Waals surface area contributed by atoms with Gasteiger partial charge in [-0.1, -0.05) is 12.1 Å². The van der Waals surface area contributed by atoms with E-state index in [0.717, 1.165) is 33.6 Å². The number of fused-ring (bicyclic) bond motifs is 2. The van der Waals surface area contributed by atoms with E-state index < -0.39 is 0 Å². The van der Waals surface area contributed by atoms with Crippen LogP contribution in [0.25, 0.3) is 22.0 Å². The van der Waals surface area contributed by atoms with Crippen molar-refractivity contribution in [1.29, 1.82) is 0 Å². The van der Waals surface area contributed by atoms with E-state index in [9.17, 15) is 4.79 Å². The van der Waals surface area contributed by atoms with Crippen LogP contribution in [0.2, 0.25) is 0 Å². The Labute approximate surface area is 121 Å². The second-order valence-corrected chi connectivity index (χ2v) is 5.29. The monoisotopic (exact) mass is 278 g/mol. The first-order valence-corrected chi connectivity index (χ1v) is 6.85. The highest BCUT2D eigenvalue weighted by molar-refractivity contribution is 5.97. The van der Waals surface area contributed by atoms with E-state index in [0.29, 0.717) is 0 Å². The van der Waals surface area contributed by atoms with Gasteiger partial charge in [0.1, 0.15) is 5.75 Å². The maximum Gasteiger partial charge on any atom is 0.262 e. The SMILES string of the molecule is Cc1cc(-c2ccc3cc[nH]c3c2)cc2c1OCC(=O)N2. The highest BCUT2D eigenvalue weighted by atomic mass is 16.5. The summed E-state index contributed by atoms with van der Waals surface area (Å²) < 4.78 is 5.50. The lowest BCUT2D eigenvalue weighted by atomic mass is 10.0. The lowest BCUT2D eigenvalue weighted by Gasteiger charge is -2.21. The van der Waals surface area contributed by atoms with Gasteiger partial charge in [0.05, 0.1) is 5.69 Å². The van der Waals surface area contributed by atoms with Gasteiger partial charge in [-0.05, 0) is 53.3 Å². The van der Waals surface area contributed by atoms with E-state index in [1.807, 2.05) is 25.3 Å². The highest BCUT2D eigenvalue weighted by Gasteiger charge is 2.19. The topological polar surface area (TPSA) is 54.1 Å². The van der Waals surface area contributed by atoms with Gasteiger partial charge in [0.25, 0.3) is 5.91 Å². The number of ether oxygens (including phenoxy) is 1. The first kappa shape index (κ1) is 12.0. The van der Waals surface area contributed by atoms with E-state index >= 15 is 0 Å². The zero-order valence-electron chi connectivity index (χ0n) is 11.6. The van der Waals surface area contributed by atoms with E-state index in [-0.39, 0.29) is 12.5 Å². The molecule has 2 heterocycles. The fraction of sp³-hybridized carbons (Fsp3) is 0.118. The molecule has 0 atom stereocenters. The van der Waals surface area contributed by atoms with Crippen LogP contribution in [0.15, 0.2) is 42.6 Å². The second-order valence-electron chi connectivity index (χ2n) is 5.29. The molecule has 1 aromatic heterocycles. The summed E-state index contributed by atoms with van der Waals surface area (Å²) in [6, 6.07) is 12.4. The van der Waals surface area contributed by atoms with E-state index in [1.54, 1.807) is 0 Å². The summed E-state index contributed by atoms with van der Waals surface area (Å²) in [6.07, 6.45) is 1.93. The minimum absolute atomic E-state index is 0.0849. The van der Waals surface area contributed by atoms with Crippen LogP contribution in [-0.2, 0) is 4.79 Å². The number of aryl methyl sites for hydroxylation is 1. The van der Waals surface area contributed by atoms with Crippen molar-refractivity contribution in [2.75, 3.05) is 11.9 Å². The van der Waals surface area contributed by atoms with Gasteiger partial charge in [0.15, 0.2) is 6.61 Å². The van der Waals surface area contributed by atoms with E-state index in [2.05, 4.69) is 34.6 Å². The predicted octanol–water partition coefficient (Wildman–Crippen LogP) is 3.47. The first-order chi connectivity index (χ1) is 10.2. The summed E-state index contributed by atoms with van der Waals surface area (Å²) in [5.41, 5.74) is 5.04. The number of nitrogens with one attached hydrogen (secondary N) is 2. The Kier molecular flexibility index (Phi) is 2.51. The van der Waals surface area contributed by atoms with Crippen LogP contribution in [0.5, 0.6) is 5.75 Å². The molecule has 0 saturated carbocycles. The quantitative estimate of drug-likeness (QED) is 0.716. The normalized spacial score (nSPS) is 13.7. The molecule has 1 aliphatic heterocycles. The van der Waals surface area contributed by atoms with Crippen LogP contribution >= 0.6 is 0 Å². The Morgan fingerprint density at radius 3 is 2.90 bits per heavy atom. The molecule has 1 aliphatic rings. The van der Waals surface area contributed by atoms with Crippen LogP contribution in [-0.4, -0.2) is 17.5 Å². The van der Waals surface area contributed by atoms with Crippen molar-refractivity contribution in [2.45, 2.75) is 6.92 Å². The molecular weight excluding hydrogens is 264 g/mol. The van der Waals surface area contributed by atoms with Gasteiger partial charge in [-0.15, -0.1) is 0 Å². The molecular formula is C17H14N2O2. The summed E-state index contributed by atoms with van der Waals surface area (Å²) in [5.74, 6) is 0.651. The molecule has 0 fully saturated rings. The van der Waals surface area contributed by atoms with E-state index in [4.69, 9.17) is 4.74 Å². The van der Waals surface area contributed by atoms with Crippen LogP contribution in [0, 0.1) is 6.92 Å². The van der Waals surface area contributed by atoms with Crippen molar-refractivity contribution in [1.82, 2.24) is 4.98 Å². The fourth-order valence-corrected chi connectivity index (χ4v) is 2.78. The summed E-state index contributed by atoms with van der Waals surface area (Å²) in [4.78, 5) is 14.7. The van der Waals surface area contributed by atoms with Gasteiger partial charge in [0, 0.05) is 11.7 Å². The number of benzene rings is 2. The van der Waals surface area contributed by atoms with Gasteiger partial charge in [-0.2, -0.15) is 0 Å². The molecule has 0 unspecified atom stereocenters. The lowest BCUT2D eigenvalue weighted by Crippen LogP contribution is -2.25. The third-order valence-electron chi connectivity index (χ3n) is 3.78. The molecule has 104 valence electrons. The smallest absolute Gasteiger partial charge is 0.262 e. The minimum Gasteiger partial charge on any atom is -0.481 e. The molecule has 3 aromatic rings. The van der Waals surface area contributed by atoms with Crippen LogP contribution in [0.3, 0.4) is 0 Å². The first-order valence-electron chi connectivity index (χ1n) is 6.85. The maximum atomic E-state index is 11.5. The number of aromatic amines is 1. The Hall–Kier alpha value is -2.75. The number of carbonyl (C=O) groups is 1. The van der Waals surface area contributed by atoms with Crippen molar-refractivity contribution in [3.05, 3.63) is 48.2 Å². The molecule has 4 rings (SSSR count). The van der Waals surface area contributed by atoms with Crippen LogP contribution < -0.4 is 10.1 Å². The van der Waals surface area contributed by atoms with Crippen molar-refractivity contribution >= 4 is 22.5 Å². The van der Waals surface area contributed by atoms with Gasteiger partial charge >= 0.3 is 0 Å². The number of hydrogen-bond acceptors (Lipinski definition) is 2. The Bertz CT molecular complexity index is 864. The number of carbonyl (C=O) groups excluding carboxylic acids is 1. The van der Waals surface area contributed by atoms with Crippen LogP contribution in [0.1, 0.15) is 5.56 Å². The molecule has 0 bridgehead atoms. The number of aromatic nitrogens is 1. The minimum atomic E-state index is -0.112. The molecule has 0 radical (unpaired) electrons. The number of anilines is 1. The Morgan fingerprint density at radius 2 is 2.00 bits per heavy atom. The van der Waals surface area contributed by atoms with Gasteiger partial charge in [-0.3, -0.25) is 4.79 Å². The molecule has 4 heteroatoms. The van der Waals surface area contributed by atoms with Crippen molar-refractivity contribution in [3.63, 3.8) is 0 Å². The molecule has 1 amide bonds. The molecule has 2 N–H and O–H groups in total. The van der Waals surface area contributed by atoms with Gasteiger partial charge < -0.3 is 15.0 Å². The average Bonchev–Trinajstić information content (AvgIpc) is 2.94. The van der Waals surface area contributed by atoms with Crippen molar-refractivity contribution < 1.29 is 9.53 Å². The Morgan fingerprint density at radius 1 is 1.10 bits per heavy atom. The number of rotatable bonds is 1. The van der Waals surface area contributed by atoms with Gasteiger partial charge in [-0.25, -0.2) is 0 Å². The Balaban J connectivity index is 1.86. The fourth-order valence-electron chi connectivity index (χ4n) is 2.78. The van der Waals surface area contributed by atoms with Gasteiger partial charge in [0.2, 0.25) is 0 Å². The number of H-pyrrole nitrogens is 1. The molecule has 21 heavy (non-hydrogen) atoms. The van der Waals surface area contributed by atoms with Crippen LogP contribution in [0.4, 0.5) is 5.69 Å². The standard InChI is InChI=1S/C17H14N2O2/c1-10-6-13(8-15-17(10)21-9-16(20)19-15)12-3-2-11-4-5-18-14(11)7-12/h2-8,18H,9H2,1H3,(H,19,20). The van der Waals surface area contributed by atoms with Crippen molar-refractivity contribution in [3.8, 4) is 16.9 Å². The summed E-state index contributed by atoms with van der Waals surface area (Å²) in [6.45, 7) is 2.08. The van der Waals surface area contributed by atoms with Crippen molar-refractivity contribution in [2.24, 2.45) is 0 Å². The molecule has 0 spiro atoms.